The van der Waals surface area contributed by atoms with Crippen LogP contribution < -0.4 is 5.32 Å². The minimum atomic E-state index is 0.657. The van der Waals surface area contributed by atoms with Gasteiger partial charge < -0.3 is 9.73 Å². The summed E-state index contributed by atoms with van der Waals surface area (Å²) in [4.78, 5) is 5.44. The average molecular weight is 283 g/mol. The Labute approximate surface area is 116 Å². The highest BCUT2D eigenvalue weighted by Crippen LogP contribution is 2.34. The molecule has 2 aromatic rings. The summed E-state index contributed by atoms with van der Waals surface area (Å²) in [5.41, 5.74) is 2.00. The van der Waals surface area contributed by atoms with Crippen molar-refractivity contribution in [3.63, 3.8) is 0 Å². The van der Waals surface area contributed by atoms with Crippen LogP contribution in [0.15, 0.2) is 32.7 Å². The quantitative estimate of drug-likeness (QED) is 0.925. The first-order valence-electron chi connectivity index (χ1n) is 5.65. The molecule has 18 heavy (non-hydrogen) atoms. The molecule has 0 spiro atoms. The van der Waals surface area contributed by atoms with Crippen LogP contribution in [0.3, 0.4) is 0 Å². The summed E-state index contributed by atoms with van der Waals surface area (Å²) in [6.45, 7) is 4.58. The molecule has 2 rings (SSSR count). The molecule has 0 aliphatic carbocycles. The first-order chi connectivity index (χ1) is 8.61. The zero-order valence-corrected chi connectivity index (χ0v) is 12.2. The lowest BCUT2D eigenvalue weighted by atomic mass is 10.2. The van der Waals surface area contributed by atoms with E-state index in [2.05, 4.69) is 10.3 Å². The van der Waals surface area contributed by atoms with Crippen LogP contribution in [0.4, 0.5) is 0 Å². The van der Waals surface area contributed by atoms with Crippen molar-refractivity contribution in [1.29, 1.82) is 0 Å². The van der Waals surface area contributed by atoms with Crippen molar-refractivity contribution in [1.82, 2.24) is 10.3 Å². The second-order valence-corrected chi connectivity index (χ2v) is 5.37. The molecule has 0 fully saturated rings. The maximum atomic E-state index is 6.21. The molecule has 96 valence electrons. The van der Waals surface area contributed by atoms with Gasteiger partial charge in [-0.05, 0) is 50.4 Å². The van der Waals surface area contributed by atoms with E-state index in [9.17, 15) is 0 Å². The van der Waals surface area contributed by atoms with Crippen LogP contribution in [0.1, 0.15) is 17.0 Å². The molecule has 0 radical (unpaired) electrons. The number of halogens is 1. The van der Waals surface area contributed by atoms with Crippen molar-refractivity contribution in [2.24, 2.45) is 0 Å². The first kappa shape index (κ1) is 13.5. The molecule has 1 aromatic heterocycles. The van der Waals surface area contributed by atoms with Gasteiger partial charge in [-0.3, -0.25) is 0 Å². The summed E-state index contributed by atoms with van der Waals surface area (Å²) >= 11 is 7.71. The SMILES string of the molecule is CNCc1c(Cl)cccc1Sc1nc(C)c(C)o1. The van der Waals surface area contributed by atoms with Crippen molar-refractivity contribution in [3.05, 3.63) is 40.2 Å². The van der Waals surface area contributed by atoms with E-state index in [4.69, 9.17) is 16.0 Å². The highest BCUT2D eigenvalue weighted by atomic mass is 35.5. The molecular weight excluding hydrogens is 268 g/mol. The number of hydrogen-bond donors (Lipinski definition) is 1. The van der Waals surface area contributed by atoms with Gasteiger partial charge in [0.25, 0.3) is 5.22 Å². The van der Waals surface area contributed by atoms with Gasteiger partial charge in [0.05, 0.1) is 5.69 Å². The molecule has 0 atom stereocenters. The molecule has 1 N–H and O–H groups in total. The zero-order valence-electron chi connectivity index (χ0n) is 10.6. The second kappa shape index (κ2) is 5.78. The molecule has 1 heterocycles. The van der Waals surface area contributed by atoms with Gasteiger partial charge in [-0.1, -0.05) is 17.7 Å². The predicted molar refractivity (Wildman–Crippen MR) is 74.3 cm³/mol. The fourth-order valence-electron chi connectivity index (χ4n) is 1.56. The molecule has 0 saturated carbocycles. The Kier molecular flexibility index (Phi) is 4.32. The van der Waals surface area contributed by atoms with E-state index >= 15 is 0 Å². The van der Waals surface area contributed by atoms with Crippen molar-refractivity contribution >= 4 is 23.4 Å². The van der Waals surface area contributed by atoms with Gasteiger partial charge in [0.2, 0.25) is 0 Å². The summed E-state index contributed by atoms with van der Waals surface area (Å²) in [6, 6.07) is 5.86. The Morgan fingerprint density at radius 1 is 1.39 bits per heavy atom. The maximum Gasteiger partial charge on any atom is 0.261 e. The van der Waals surface area contributed by atoms with E-state index in [1.807, 2.05) is 39.1 Å². The number of aromatic nitrogens is 1. The second-order valence-electron chi connectivity index (χ2n) is 3.97. The Bertz CT molecular complexity index is 534. The van der Waals surface area contributed by atoms with Crippen LogP contribution in [0, 0.1) is 13.8 Å². The topological polar surface area (TPSA) is 38.1 Å². The van der Waals surface area contributed by atoms with Crippen molar-refractivity contribution in [2.45, 2.75) is 30.5 Å². The molecule has 0 aliphatic rings. The lowest BCUT2D eigenvalue weighted by Gasteiger charge is -2.08. The van der Waals surface area contributed by atoms with Gasteiger partial charge in [-0.2, -0.15) is 0 Å². The molecule has 1 aromatic carbocycles. The largest absolute Gasteiger partial charge is 0.436 e. The zero-order chi connectivity index (χ0) is 13.1. The Balaban J connectivity index is 2.30. The van der Waals surface area contributed by atoms with Gasteiger partial charge in [0.15, 0.2) is 0 Å². The van der Waals surface area contributed by atoms with Crippen molar-refractivity contribution < 1.29 is 4.42 Å². The molecule has 0 amide bonds. The fraction of sp³-hybridized carbons (Fsp3) is 0.308. The van der Waals surface area contributed by atoms with Crippen molar-refractivity contribution in [3.8, 4) is 0 Å². The van der Waals surface area contributed by atoms with E-state index < -0.39 is 0 Å². The molecule has 5 heteroatoms. The van der Waals surface area contributed by atoms with Crippen LogP contribution in [-0.4, -0.2) is 12.0 Å². The minimum absolute atomic E-state index is 0.657. The predicted octanol–water partition coefficient (Wildman–Crippen LogP) is 3.82. The standard InChI is InChI=1S/C13H15ClN2OS/c1-8-9(2)17-13(16-8)18-12-6-4-5-11(14)10(12)7-15-3/h4-6,15H,7H2,1-3H3. The number of nitrogens with one attached hydrogen (secondary N) is 1. The molecular formula is C13H15ClN2OS. The van der Waals surface area contributed by atoms with Crippen LogP contribution in [0.2, 0.25) is 5.02 Å². The van der Waals surface area contributed by atoms with E-state index in [0.29, 0.717) is 5.22 Å². The van der Waals surface area contributed by atoms with Crippen LogP contribution >= 0.6 is 23.4 Å². The van der Waals surface area contributed by atoms with Crippen LogP contribution in [0.25, 0.3) is 0 Å². The average Bonchev–Trinajstić information content (AvgIpc) is 2.63. The molecule has 0 unspecified atom stereocenters. The third-order valence-corrected chi connectivity index (χ3v) is 3.94. The van der Waals surface area contributed by atoms with Gasteiger partial charge in [0.1, 0.15) is 5.76 Å². The maximum absolute atomic E-state index is 6.21. The normalized spacial score (nSPS) is 10.9. The highest BCUT2D eigenvalue weighted by Gasteiger charge is 2.12. The summed E-state index contributed by atoms with van der Waals surface area (Å²) in [5.74, 6) is 0.856. The number of benzene rings is 1. The number of rotatable bonds is 4. The number of hydrogen-bond acceptors (Lipinski definition) is 4. The van der Waals surface area contributed by atoms with E-state index in [-0.39, 0.29) is 0 Å². The Morgan fingerprint density at radius 2 is 2.17 bits per heavy atom. The third-order valence-electron chi connectivity index (χ3n) is 2.64. The van der Waals surface area contributed by atoms with E-state index in [1.54, 1.807) is 0 Å². The minimum Gasteiger partial charge on any atom is -0.436 e. The summed E-state index contributed by atoms with van der Waals surface area (Å²) in [5, 5.41) is 4.53. The van der Waals surface area contributed by atoms with E-state index in [0.717, 1.165) is 33.5 Å². The number of oxazole rings is 1. The fourth-order valence-corrected chi connectivity index (χ4v) is 2.85. The Morgan fingerprint density at radius 3 is 2.78 bits per heavy atom. The monoisotopic (exact) mass is 282 g/mol. The third kappa shape index (κ3) is 2.88. The smallest absolute Gasteiger partial charge is 0.261 e. The Hall–Kier alpha value is -0.970. The first-order valence-corrected chi connectivity index (χ1v) is 6.85. The number of nitrogens with zero attached hydrogens (tertiary/aromatic N) is 1. The highest BCUT2D eigenvalue weighted by molar-refractivity contribution is 7.99. The summed E-state index contributed by atoms with van der Waals surface area (Å²) in [6.07, 6.45) is 0. The van der Waals surface area contributed by atoms with E-state index in [1.165, 1.54) is 11.8 Å². The van der Waals surface area contributed by atoms with Gasteiger partial charge in [0, 0.05) is 16.5 Å². The van der Waals surface area contributed by atoms with Crippen molar-refractivity contribution in [2.75, 3.05) is 7.05 Å². The van der Waals surface area contributed by atoms with Gasteiger partial charge in [-0.15, -0.1) is 0 Å². The molecule has 0 saturated heterocycles. The van der Waals surface area contributed by atoms with Crippen LogP contribution in [-0.2, 0) is 6.54 Å². The molecule has 0 bridgehead atoms. The van der Waals surface area contributed by atoms with Gasteiger partial charge >= 0.3 is 0 Å². The van der Waals surface area contributed by atoms with Gasteiger partial charge in [-0.25, -0.2) is 4.98 Å². The number of aryl methyl sites for hydroxylation is 2. The molecule has 0 aliphatic heterocycles. The molecule has 3 nitrogen and oxygen atoms in total. The summed E-state index contributed by atoms with van der Waals surface area (Å²) < 4.78 is 5.58. The van der Waals surface area contributed by atoms with Crippen LogP contribution in [0.5, 0.6) is 0 Å². The lowest BCUT2D eigenvalue weighted by molar-refractivity contribution is 0.431. The summed E-state index contributed by atoms with van der Waals surface area (Å²) in [7, 11) is 1.90. The lowest BCUT2D eigenvalue weighted by Crippen LogP contribution is -2.06.